The molecule has 0 radical (unpaired) electrons. The topological polar surface area (TPSA) is 16.4 Å². The van der Waals surface area contributed by atoms with Gasteiger partial charge in [-0.05, 0) is 29.8 Å². The monoisotopic (exact) mass is 349 g/mol. The van der Waals surface area contributed by atoms with E-state index < -0.39 is 0 Å². The Morgan fingerprint density at radius 3 is 2.22 bits per heavy atom. The minimum atomic E-state index is 0.915. The van der Waals surface area contributed by atoms with Crippen molar-refractivity contribution in [2.75, 3.05) is 11.9 Å². The molecule has 0 saturated carbocycles. The average Bonchev–Trinajstić information content (AvgIpc) is 3.11. The third-order valence-corrected chi connectivity index (χ3v) is 5.10. The molecule has 2 heteroatoms. The van der Waals surface area contributed by atoms with Gasteiger partial charge in [0.15, 0.2) is 0 Å². The molecule has 2 nitrogen and oxygen atoms in total. The second-order valence-electron chi connectivity index (χ2n) is 6.72. The molecule has 0 amide bonds. The molecule has 0 bridgehead atoms. The van der Waals surface area contributed by atoms with Crippen LogP contribution >= 0.6 is 0 Å². The molecule has 130 valence electrons. The summed E-state index contributed by atoms with van der Waals surface area (Å²) in [5.74, 6) is 0. The van der Waals surface area contributed by atoms with E-state index in [0.29, 0.717) is 0 Å². The fourth-order valence-corrected chi connectivity index (χ4v) is 3.69. The Bertz CT molecular complexity index is 1240. The first-order valence-corrected chi connectivity index (χ1v) is 9.11. The average molecular weight is 349 g/mol. The number of para-hydroxylation sites is 2. The summed E-state index contributed by atoms with van der Waals surface area (Å²) in [4.78, 5) is 2.22. The molecule has 0 aliphatic heterocycles. The van der Waals surface area contributed by atoms with Gasteiger partial charge < -0.3 is 9.32 Å². The van der Waals surface area contributed by atoms with Crippen molar-refractivity contribution in [1.29, 1.82) is 0 Å². The summed E-state index contributed by atoms with van der Waals surface area (Å²) in [5, 5.41) is 2.31. The van der Waals surface area contributed by atoms with Crippen molar-refractivity contribution in [3.05, 3.63) is 97.1 Å². The van der Waals surface area contributed by atoms with Crippen LogP contribution in [0, 0.1) is 0 Å². The number of furan rings is 1. The lowest BCUT2D eigenvalue weighted by Gasteiger charge is -2.23. The molecule has 0 N–H and O–H groups in total. The van der Waals surface area contributed by atoms with Gasteiger partial charge in [-0.2, -0.15) is 0 Å². The van der Waals surface area contributed by atoms with Crippen molar-refractivity contribution < 1.29 is 4.42 Å². The van der Waals surface area contributed by atoms with Gasteiger partial charge in [0.05, 0.1) is 0 Å². The molecule has 5 rings (SSSR count). The second kappa shape index (κ2) is 6.33. The number of rotatable bonds is 3. The van der Waals surface area contributed by atoms with Gasteiger partial charge in [-0.1, -0.05) is 66.7 Å². The molecular formula is C25H19NO. The van der Waals surface area contributed by atoms with Crippen LogP contribution in [0.15, 0.2) is 101 Å². The Kier molecular flexibility index (Phi) is 3.68. The maximum atomic E-state index is 6.07. The zero-order chi connectivity index (χ0) is 18.2. The first-order valence-electron chi connectivity index (χ1n) is 9.11. The second-order valence-corrected chi connectivity index (χ2v) is 6.72. The van der Waals surface area contributed by atoms with E-state index in [1.807, 2.05) is 24.3 Å². The van der Waals surface area contributed by atoms with Crippen LogP contribution in [0.5, 0.6) is 0 Å². The maximum Gasteiger partial charge on any atom is 0.137 e. The van der Waals surface area contributed by atoms with Gasteiger partial charge in [0, 0.05) is 40.8 Å². The number of hydrogen-bond acceptors (Lipinski definition) is 2. The van der Waals surface area contributed by atoms with E-state index in [0.717, 1.165) is 27.6 Å². The Balaban J connectivity index is 1.62. The van der Waals surface area contributed by atoms with Crippen LogP contribution in [0.4, 0.5) is 11.4 Å². The van der Waals surface area contributed by atoms with Gasteiger partial charge >= 0.3 is 0 Å². The molecule has 1 heterocycles. The fraction of sp³-hybridized carbons (Fsp3) is 0.0400. The lowest BCUT2D eigenvalue weighted by Crippen LogP contribution is -2.10. The number of nitrogens with zero attached hydrogens (tertiary/aromatic N) is 1. The third-order valence-electron chi connectivity index (χ3n) is 5.10. The molecular weight excluding hydrogens is 330 g/mol. The van der Waals surface area contributed by atoms with Gasteiger partial charge in [-0.3, -0.25) is 0 Å². The third kappa shape index (κ3) is 2.67. The molecule has 0 spiro atoms. The Hall–Kier alpha value is -3.52. The predicted molar refractivity (Wildman–Crippen MR) is 114 cm³/mol. The van der Waals surface area contributed by atoms with Crippen molar-refractivity contribution in [3.63, 3.8) is 0 Å². The van der Waals surface area contributed by atoms with Crippen LogP contribution in [0.1, 0.15) is 0 Å². The standard InChI is InChI=1S/C25H19NO/c1-26(23-13-7-5-11-20(23)18-9-3-2-4-10-18)19-15-16-22-21-12-6-8-14-24(21)27-25(22)17-19/h2-17H,1H3. The van der Waals surface area contributed by atoms with Crippen LogP contribution < -0.4 is 4.90 Å². The van der Waals surface area contributed by atoms with Crippen molar-refractivity contribution in [3.8, 4) is 11.1 Å². The molecule has 0 fully saturated rings. The summed E-state index contributed by atoms with van der Waals surface area (Å²) in [6.45, 7) is 0. The number of anilines is 2. The Morgan fingerprint density at radius 1 is 0.630 bits per heavy atom. The summed E-state index contributed by atoms with van der Waals surface area (Å²) in [5.41, 5.74) is 6.54. The van der Waals surface area contributed by atoms with Crippen molar-refractivity contribution in [2.45, 2.75) is 0 Å². The van der Waals surface area contributed by atoms with Gasteiger partial charge in [-0.15, -0.1) is 0 Å². The SMILES string of the molecule is CN(c1ccc2c(c1)oc1ccccc12)c1ccccc1-c1ccccc1. The predicted octanol–water partition coefficient (Wildman–Crippen LogP) is 7.02. The molecule has 0 saturated heterocycles. The maximum absolute atomic E-state index is 6.07. The minimum absolute atomic E-state index is 0.915. The highest BCUT2D eigenvalue weighted by Crippen LogP contribution is 2.36. The van der Waals surface area contributed by atoms with Crippen molar-refractivity contribution in [1.82, 2.24) is 0 Å². The van der Waals surface area contributed by atoms with E-state index in [1.165, 1.54) is 16.8 Å². The van der Waals surface area contributed by atoms with E-state index in [4.69, 9.17) is 4.42 Å². The summed E-state index contributed by atoms with van der Waals surface area (Å²) in [6, 6.07) is 33.6. The van der Waals surface area contributed by atoms with Crippen LogP contribution in [0.2, 0.25) is 0 Å². The molecule has 0 unspecified atom stereocenters. The molecule has 5 aromatic rings. The van der Waals surface area contributed by atoms with E-state index in [2.05, 4.69) is 84.7 Å². The fourth-order valence-electron chi connectivity index (χ4n) is 3.69. The molecule has 4 aromatic carbocycles. The summed E-state index contributed by atoms with van der Waals surface area (Å²) >= 11 is 0. The van der Waals surface area contributed by atoms with E-state index >= 15 is 0 Å². The van der Waals surface area contributed by atoms with Crippen molar-refractivity contribution >= 4 is 33.3 Å². The lowest BCUT2D eigenvalue weighted by molar-refractivity contribution is 0.669. The lowest BCUT2D eigenvalue weighted by atomic mass is 10.0. The first kappa shape index (κ1) is 15.7. The van der Waals surface area contributed by atoms with E-state index in [9.17, 15) is 0 Å². The van der Waals surface area contributed by atoms with Crippen LogP contribution in [-0.4, -0.2) is 7.05 Å². The number of benzene rings is 4. The molecule has 27 heavy (non-hydrogen) atoms. The van der Waals surface area contributed by atoms with Gasteiger partial charge in [0.25, 0.3) is 0 Å². The number of fused-ring (bicyclic) bond motifs is 3. The van der Waals surface area contributed by atoms with Gasteiger partial charge in [0.1, 0.15) is 11.2 Å². The molecule has 0 aliphatic rings. The Labute approximate surface area is 158 Å². The normalized spacial score (nSPS) is 11.1. The zero-order valence-corrected chi connectivity index (χ0v) is 15.1. The summed E-state index contributed by atoms with van der Waals surface area (Å²) < 4.78 is 6.07. The molecule has 0 atom stereocenters. The van der Waals surface area contributed by atoms with Crippen LogP contribution in [0.3, 0.4) is 0 Å². The first-order chi connectivity index (χ1) is 13.3. The van der Waals surface area contributed by atoms with E-state index in [1.54, 1.807) is 0 Å². The zero-order valence-electron chi connectivity index (χ0n) is 15.1. The van der Waals surface area contributed by atoms with Crippen LogP contribution in [-0.2, 0) is 0 Å². The number of hydrogen-bond donors (Lipinski definition) is 0. The largest absolute Gasteiger partial charge is 0.456 e. The highest BCUT2D eigenvalue weighted by atomic mass is 16.3. The van der Waals surface area contributed by atoms with Gasteiger partial charge in [-0.25, -0.2) is 0 Å². The van der Waals surface area contributed by atoms with Crippen molar-refractivity contribution in [2.24, 2.45) is 0 Å². The quantitative estimate of drug-likeness (QED) is 0.348. The molecule has 1 aromatic heterocycles. The smallest absolute Gasteiger partial charge is 0.137 e. The summed E-state index contributed by atoms with van der Waals surface area (Å²) in [6.07, 6.45) is 0. The summed E-state index contributed by atoms with van der Waals surface area (Å²) in [7, 11) is 2.10. The highest BCUT2D eigenvalue weighted by Gasteiger charge is 2.13. The molecule has 0 aliphatic carbocycles. The van der Waals surface area contributed by atoms with Crippen LogP contribution in [0.25, 0.3) is 33.1 Å². The minimum Gasteiger partial charge on any atom is -0.456 e. The Morgan fingerprint density at radius 2 is 1.33 bits per heavy atom. The highest BCUT2D eigenvalue weighted by molar-refractivity contribution is 6.05. The van der Waals surface area contributed by atoms with Gasteiger partial charge in [0.2, 0.25) is 0 Å². The van der Waals surface area contributed by atoms with E-state index in [-0.39, 0.29) is 0 Å².